The van der Waals surface area contributed by atoms with Gasteiger partial charge >= 0.3 is 0 Å². The highest BCUT2D eigenvalue weighted by molar-refractivity contribution is 5.82. The van der Waals surface area contributed by atoms with E-state index >= 15 is 0 Å². The molecule has 1 aliphatic carbocycles. The second-order valence-corrected chi connectivity index (χ2v) is 5.44. The van der Waals surface area contributed by atoms with Crippen molar-refractivity contribution in [2.24, 2.45) is 11.1 Å². The summed E-state index contributed by atoms with van der Waals surface area (Å²) in [5.74, 6) is 0.112. The second-order valence-electron chi connectivity index (χ2n) is 5.44. The second kappa shape index (κ2) is 6.66. The Labute approximate surface area is 114 Å². The molecule has 1 aliphatic rings. The van der Waals surface area contributed by atoms with Crippen LogP contribution in [-0.4, -0.2) is 17.4 Å². The van der Waals surface area contributed by atoms with E-state index in [4.69, 9.17) is 5.73 Å². The number of nitrogens with one attached hydrogen (secondary N) is 1. The van der Waals surface area contributed by atoms with Crippen LogP contribution >= 0.6 is 0 Å². The number of rotatable bonds is 4. The third-order valence-corrected chi connectivity index (χ3v) is 4.11. The molecular formula is C15H23N3O. The molecule has 0 spiro atoms. The van der Waals surface area contributed by atoms with Gasteiger partial charge in [-0.3, -0.25) is 9.78 Å². The number of aromatic nitrogens is 1. The summed E-state index contributed by atoms with van der Waals surface area (Å²) < 4.78 is 0. The van der Waals surface area contributed by atoms with Crippen LogP contribution in [0.25, 0.3) is 0 Å². The zero-order valence-electron chi connectivity index (χ0n) is 11.4. The van der Waals surface area contributed by atoms with Crippen molar-refractivity contribution in [2.75, 3.05) is 6.54 Å². The highest BCUT2D eigenvalue weighted by atomic mass is 16.2. The molecule has 1 heterocycles. The van der Waals surface area contributed by atoms with Gasteiger partial charge < -0.3 is 11.1 Å². The summed E-state index contributed by atoms with van der Waals surface area (Å²) in [5.41, 5.74) is 6.58. The standard InChI is InChI=1S/C15H23N3O/c16-12-15(7-3-1-2-4-8-15)14(19)18-11-13-6-5-9-17-10-13/h5-6,9-10H,1-4,7-8,11-12,16H2,(H,18,19). The monoisotopic (exact) mass is 261 g/mol. The minimum atomic E-state index is -0.349. The molecule has 1 amide bonds. The van der Waals surface area contributed by atoms with Gasteiger partial charge in [0, 0.05) is 25.5 Å². The maximum Gasteiger partial charge on any atom is 0.227 e. The van der Waals surface area contributed by atoms with Crippen molar-refractivity contribution in [1.29, 1.82) is 0 Å². The van der Waals surface area contributed by atoms with Gasteiger partial charge in [-0.2, -0.15) is 0 Å². The average molecular weight is 261 g/mol. The van der Waals surface area contributed by atoms with E-state index in [0.29, 0.717) is 13.1 Å². The number of carbonyl (C=O) groups excluding carboxylic acids is 1. The lowest BCUT2D eigenvalue weighted by Gasteiger charge is -2.29. The fourth-order valence-corrected chi connectivity index (χ4v) is 2.80. The van der Waals surface area contributed by atoms with Crippen LogP contribution in [0.1, 0.15) is 44.1 Å². The topological polar surface area (TPSA) is 68.0 Å². The molecule has 0 saturated heterocycles. The van der Waals surface area contributed by atoms with E-state index in [9.17, 15) is 4.79 Å². The van der Waals surface area contributed by atoms with Gasteiger partial charge in [0.05, 0.1) is 5.41 Å². The largest absolute Gasteiger partial charge is 0.351 e. The molecule has 0 aromatic carbocycles. The summed E-state index contributed by atoms with van der Waals surface area (Å²) in [5, 5.41) is 3.03. The SMILES string of the molecule is NCC1(C(=O)NCc2cccnc2)CCCCCC1. The molecular weight excluding hydrogens is 238 g/mol. The van der Waals surface area contributed by atoms with Crippen molar-refractivity contribution in [1.82, 2.24) is 10.3 Å². The van der Waals surface area contributed by atoms with Crippen LogP contribution in [-0.2, 0) is 11.3 Å². The third kappa shape index (κ3) is 3.53. The predicted molar refractivity (Wildman–Crippen MR) is 75.3 cm³/mol. The Bertz CT molecular complexity index is 397. The van der Waals surface area contributed by atoms with E-state index in [1.807, 2.05) is 12.1 Å². The van der Waals surface area contributed by atoms with Crippen LogP contribution in [0.2, 0.25) is 0 Å². The summed E-state index contributed by atoms with van der Waals surface area (Å²) in [6.07, 6.45) is 10.0. The van der Waals surface area contributed by atoms with Crippen LogP contribution in [0.15, 0.2) is 24.5 Å². The Morgan fingerprint density at radius 3 is 2.63 bits per heavy atom. The summed E-state index contributed by atoms with van der Waals surface area (Å²) in [4.78, 5) is 16.5. The summed E-state index contributed by atoms with van der Waals surface area (Å²) >= 11 is 0. The number of amides is 1. The molecule has 19 heavy (non-hydrogen) atoms. The predicted octanol–water partition coefficient (Wildman–Crippen LogP) is 2.00. The van der Waals surface area contributed by atoms with Crippen LogP contribution in [0.4, 0.5) is 0 Å². The number of hydrogen-bond acceptors (Lipinski definition) is 3. The quantitative estimate of drug-likeness (QED) is 0.815. The average Bonchev–Trinajstić information content (AvgIpc) is 2.72. The van der Waals surface area contributed by atoms with Gasteiger partial charge in [0.1, 0.15) is 0 Å². The van der Waals surface area contributed by atoms with Crippen molar-refractivity contribution in [2.45, 2.75) is 45.1 Å². The van der Waals surface area contributed by atoms with E-state index in [-0.39, 0.29) is 11.3 Å². The van der Waals surface area contributed by atoms with Gasteiger partial charge in [-0.25, -0.2) is 0 Å². The number of nitrogens with two attached hydrogens (primary N) is 1. The molecule has 1 saturated carbocycles. The van der Waals surface area contributed by atoms with Crippen molar-refractivity contribution in [3.63, 3.8) is 0 Å². The molecule has 1 aromatic rings. The molecule has 0 unspecified atom stereocenters. The lowest BCUT2D eigenvalue weighted by molar-refractivity contribution is -0.131. The van der Waals surface area contributed by atoms with E-state index in [0.717, 1.165) is 31.2 Å². The van der Waals surface area contributed by atoms with Gasteiger partial charge in [-0.15, -0.1) is 0 Å². The highest BCUT2D eigenvalue weighted by Gasteiger charge is 2.36. The lowest BCUT2D eigenvalue weighted by atomic mass is 9.79. The summed E-state index contributed by atoms with van der Waals surface area (Å²) in [7, 11) is 0. The molecule has 0 radical (unpaired) electrons. The number of hydrogen-bond donors (Lipinski definition) is 2. The van der Waals surface area contributed by atoms with Crippen LogP contribution in [0, 0.1) is 5.41 Å². The molecule has 4 heteroatoms. The van der Waals surface area contributed by atoms with Gasteiger partial charge in [0.2, 0.25) is 5.91 Å². The smallest absolute Gasteiger partial charge is 0.227 e. The normalized spacial score (nSPS) is 18.6. The zero-order valence-corrected chi connectivity index (χ0v) is 11.4. The van der Waals surface area contributed by atoms with Crippen molar-refractivity contribution in [3.05, 3.63) is 30.1 Å². The maximum atomic E-state index is 12.5. The first-order valence-corrected chi connectivity index (χ1v) is 7.14. The maximum absolute atomic E-state index is 12.5. The fourth-order valence-electron chi connectivity index (χ4n) is 2.80. The van der Waals surface area contributed by atoms with Gasteiger partial charge in [-0.05, 0) is 24.5 Å². The molecule has 0 bridgehead atoms. The molecule has 1 aromatic heterocycles. The first-order valence-electron chi connectivity index (χ1n) is 7.14. The zero-order chi connectivity index (χ0) is 13.6. The van der Waals surface area contributed by atoms with Crippen LogP contribution in [0.3, 0.4) is 0 Å². The Morgan fingerprint density at radius 2 is 2.05 bits per heavy atom. The summed E-state index contributed by atoms with van der Waals surface area (Å²) in [6, 6.07) is 3.85. The van der Waals surface area contributed by atoms with Crippen LogP contribution in [0.5, 0.6) is 0 Å². The molecule has 2 rings (SSSR count). The van der Waals surface area contributed by atoms with E-state index < -0.39 is 0 Å². The minimum Gasteiger partial charge on any atom is -0.351 e. The third-order valence-electron chi connectivity index (χ3n) is 4.11. The molecule has 3 N–H and O–H groups in total. The Balaban J connectivity index is 1.96. The van der Waals surface area contributed by atoms with Crippen LogP contribution < -0.4 is 11.1 Å². The molecule has 0 atom stereocenters. The Hall–Kier alpha value is -1.42. The van der Waals surface area contributed by atoms with Gasteiger partial charge in [0.25, 0.3) is 0 Å². The van der Waals surface area contributed by atoms with Crippen molar-refractivity contribution >= 4 is 5.91 Å². The molecule has 4 nitrogen and oxygen atoms in total. The first kappa shape index (κ1) is 14.0. The number of pyridine rings is 1. The Kier molecular flexibility index (Phi) is 4.91. The molecule has 0 aliphatic heterocycles. The Morgan fingerprint density at radius 1 is 1.32 bits per heavy atom. The minimum absolute atomic E-state index is 0.112. The van der Waals surface area contributed by atoms with Crippen molar-refractivity contribution < 1.29 is 4.79 Å². The van der Waals surface area contributed by atoms with E-state index in [1.54, 1.807) is 12.4 Å². The lowest BCUT2D eigenvalue weighted by Crippen LogP contribution is -2.45. The fraction of sp³-hybridized carbons (Fsp3) is 0.600. The van der Waals surface area contributed by atoms with Crippen molar-refractivity contribution in [3.8, 4) is 0 Å². The number of nitrogens with zero attached hydrogens (tertiary/aromatic N) is 1. The summed E-state index contributed by atoms with van der Waals surface area (Å²) in [6.45, 7) is 0.986. The van der Waals surface area contributed by atoms with E-state index in [2.05, 4.69) is 10.3 Å². The highest BCUT2D eigenvalue weighted by Crippen LogP contribution is 2.34. The van der Waals surface area contributed by atoms with E-state index in [1.165, 1.54) is 12.8 Å². The molecule has 1 fully saturated rings. The number of carbonyl (C=O) groups is 1. The van der Waals surface area contributed by atoms with Gasteiger partial charge in [0.15, 0.2) is 0 Å². The van der Waals surface area contributed by atoms with Gasteiger partial charge in [-0.1, -0.05) is 31.7 Å². The first-order chi connectivity index (χ1) is 9.27. The molecule has 104 valence electrons.